The summed E-state index contributed by atoms with van der Waals surface area (Å²) < 4.78 is 32.6. The predicted octanol–water partition coefficient (Wildman–Crippen LogP) is 3.53. The molecule has 0 aliphatic rings. The molecular weight excluding hydrogens is 408 g/mol. The lowest BCUT2D eigenvalue weighted by atomic mass is 10.1. The second-order valence-electron chi connectivity index (χ2n) is 7.12. The molecule has 1 atom stereocenters. The number of halogens is 2. The minimum Gasteiger partial charge on any atom is -0.494 e. The number of aliphatic hydroxyl groups is 1. The SMILES string of the molecule is CCc1cc(-n2cc3nc(-c4cncc(OC(F)F)c4)ccc3c2O)nn1C[C@H](C)O. The standard InChI is InChI=1S/C21H21F2N5O3/c1-3-14-7-19(26-28(14)10-12(2)29)27-11-18-16(20(27)30)4-5-17(25-18)13-6-15(9-24-8-13)31-21(22)23/h4-9,11-12,21,29-30H,3,10H2,1-2H3/t12-/m0/s1. The van der Waals surface area contributed by atoms with E-state index in [1.165, 1.54) is 23.0 Å². The molecule has 10 heteroatoms. The van der Waals surface area contributed by atoms with Crippen molar-refractivity contribution in [3.05, 3.63) is 48.5 Å². The smallest absolute Gasteiger partial charge is 0.387 e. The first-order valence-electron chi connectivity index (χ1n) is 9.72. The number of rotatable bonds is 7. The fourth-order valence-electron chi connectivity index (χ4n) is 3.39. The Labute approximate surface area is 176 Å². The molecule has 0 aromatic carbocycles. The Morgan fingerprint density at radius 2 is 2.00 bits per heavy atom. The lowest BCUT2D eigenvalue weighted by molar-refractivity contribution is -0.0500. The summed E-state index contributed by atoms with van der Waals surface area (Å²) in [5.74, 6) is 0.417. The largest absolute Gasteiger partial charge is 0.494 e. The number of aryl methyl sites for hydroxylation is 1. The highest BCUT2D eigenvalue weighted by atomic mass is 19.3. The summed E-state index contributed by atoms with van der Waals surface area (Å²) in [5, 5.41) is 25.4. The van der Waals surface area contributed by atoms with Gasteiger partial charge in [-0.15, -0.1) is 0 Å². The zero-order chi connectivity index (χ0) is 22.1. The summed E-state index contributed by atoms with van der Waals surface area (Å²) in [6.07, 6.45) is 4.50. The van der Waals surface area contributed by atoms with Crippen LogP contribution in [0.25, 0.3) is 28.0 Å². The summed E-state index contributed by atoms with van der Waals surface area (Å²) in [7, 11) is 0. The van der Waals surface area contributed by atoms with Gasteiger partial charge in [0.1, 0.15) is 5.75 Å². The average molecular weight is 429 g/mol. The van der Waals surface area contributed by atoms with Crippen LogP contribution in [0.2, 0.25) is 0 Å². The van der Waals surface area contributed by atoms with E-state index in [9.17, 15) is 19.0 Å². The van der Waals surface area contributed by atoms with Crippen molar-refractivity contribution in [3.8, 4) is 28.7 Å². The fraction of sp³-hybridized carbons (Fsp3) is 0.286. The van der Waals surface area contributed by atoms with E-state index >= 15 is 0 Å². The minimum atomic E-state index is -2.94. The Balaban J connectivity index is 1.73. The van der Waals surface area contributed by atoms with Crippen LogP contribution in [0, 0.1) is 0 Å². The molecule has 4 aromatic heterocycles. The number of alkyl halides is 2. The number of fused-ring (bicyclic) bond motifs is 1. The Kier molecular flexibility index (Phi) is 5.55. The van der Waals surface area contributed by atoms with Crippen LogP contribution in [-0.2, 0) is 13.0 Å². The van der Waals surface area contributed by atoms with Crippen molar-refractivity contribution in [2.75, 3.05) is 0 Å². The van der Waals surface area contributed by atoms with E-state index in [1.54, 1.807) is 29.9 Å². The van der Waals surface area contributed by atoms with Crippen molar-refractivity contribution in [1.82, 2.24) is 24.3 Å². The molecule has 0 unspecified atom stereocenters. The van der Waals surface area contributed by atoms with Crippen molar-refractivity contribution in [3.63, 3.8) is 0 Å². The zero-order valence-corrected chi connectivity index (χ0v) is 16.9. The van der Waals surface area contributed by atoms with Gasteiger partial charge in [-0.1, -0.05) is 6.92 Å². The first-order valence-corrected chi connectivity index (χ1v) is 9.72. The quantitative estimate of drug-likeness (QED) is 0.466. The zero-order valence-electron chi connectivity index (χ0n) is 16.9. The third-order valence-electron chi connectivity index (χ3n) is 4.78. The molecule has 162 valence electrons. The first kappa shape index (κ1) is 20.7. The van der Waals surface area contributed by atoms with Gasteiger partial charge in [-0.3, -0.25) is 14.2 Å². The number of hydrogen-bond donors (Lipinski definition) is 2. The Bertz CT molecular complexity index is 1220. The number of hydrogen-bond acceptors (Lipinski definition) is 6. The van der Waals surface area contributed by atoms with Crippen LogP contribution in [0.1, 0.15) is 19.5 Å². The van der Waals surface area contributed by atoms with Crippen LogP contribution < -0.4 is 4.74 Å². The first-order chi connectivity index (χ1) is 14.9. The molecule has 0 amide bonds. The third kappa shape index (κ3) is 4.19. The normalized spacial score (nSPS) is 12.6. The molecular formula is C21H21F2N5O3. The highest BCUT2D eigenvalue weighted by molar-refractivity contribution is 5.87. The summed E-state index contributed by atoms with van der Waals surface area (Å²) in [4.78, 5) is 8.46. The van der Waals surface area contributed by atoms with E-state index in [4.69, 9.17) is 0 Å². The number of aromatic hydroxyl groups is 1. The van der Waals surface area contributed by atoms with E-state index in [0.29, 0.717) is 40.9 Å². The Morgan fingerprint density at radius 1 is 1.19 bits per heavy atom. The van der Waals surface area contributed by atoms with Gasteiger partial charge in [0.15, 0.2) is 5.82 Å². The molecule has 4 aromatic rings. The number of aliphatic hydroxyl groups excluding tert-OH is 1. The molecule has 0 bridgehead atoms. The van der Waals surface area contributed by atoms with Crippen LogP contribution in [0.3, 0.4) is 0 Å². The molecule has 0 saturated heterocycles. The van der Waals surface area contributed by atoms with E-state index in [0.717, 1.165) is 5.69 Å². The number of ether oxygens (including phenoxy) is 1. The summed E-state index contributed by atoms with van der Waals surface area (Å²) >= 11 is 0. The molecule has 31 heavy (non-hydrogen) atoms. The molecule has 0 radical (unpaired) electrons. The van der Waals surface area contributed by atoms with Crippen molar-refractivity contribution < 1.29 is 23.7 Å². The number of aromatic nitrogens is 5. The van der Waals surface area contributed by atoms with E-state index in [2.05, 4.69) is 19.8 Å². The van der Waals surface area contributed by atoms with Crippen molar-refractivity contribution in [2.45, 2.75) is 39.5 Å². The van der Waals surface area contributed by atoms with Crippen molar-refractivity contribution in [2.24, 2.45) is 0 Å². The van der Waals surface area contributed by atoms with Crippen LogP contribution in [0.15, 0.2) is 42.9 Å². The summed E-state index contributed by atoms with van der Waals surface area (Å²) in [5.41, 5.74) is 2.41. The van der Waals surface area contributed by atoms with E-state index in [1.807, 2.05) is 13.0 Å². The van der Waals surface area contributed by atoms with Crippen LogP contribution in [-0.4, -0.2) is 47.2 Å². The molecule has 8 nitrogen and oxygen atoms in total. The van der Waals surface area contributed by atoms with E-state index < -0.39 is 12.7 Å². The van der Waals surface area contributed by atoms with Gasteiger partial charge < -0.3 is 14.9 Å². The highest BCUT2D eigenvalue weighted by Gasteiger charge is 2.17. The third-order valence-corrected chi connectivity index (χ3v) is 4.78. The molecule has 0 spiro atoms. The van der Waals surface area contributed by atoms with Crippen molar-refractivity contribution in [1.29, 1.82) is 0 Å². The van der Waals surface area contributed by atoms with Gasteiger partial charge in [-0.05, 0) is 31.5 Å². The van der Waals surface area contributed by atoms with Gasteiger partial charge in [0.25, 0.3) is 0 Å². The van der Waals surface area contributed by atoms with Gasteiger partial charge in [0.05, 0.1) is 35.4 Å². The van der Waals surface area contributed by atoms with Gasteiger partial charge in [-0.2, -0.15) is 13.9 Å². The number of nitrogens with zero attached hydrogens (tertiary/aromatic N) is 5. The predicted molar refractivity (Wildman–Crippen MR) is 109 cm³/mol. The number of pyridine rings is 2. The van der Waals surface area contributed by atoms with Gasteiger partial charge in [0, 0.05) is 29.7 Å². The molecule has 2 N–H and O–H groups in total. The molecule has 0 fully saturated rings. The summed E-state index contributed by atoms with van der Waals surface area (Å²) in [6, 6.07) is 6.63. The molecule has 0 aliphatic heterocycles. The molecule has 4 rings (SSSR count). The second kappa shape index (κ2) is 8.31. The molecule has 4 heterocycles. The maximum atomic E-state index is 12.5. The van der Waals surface area contributed by atoms with Gasteiger partial charge >= 0.3 is 6.61 Å². The average Bonchev–Trinajstić information content (AvgIpc) is 3.27. The molecule has 0 aliphatic carbocycles. The topological polar surface area (TPSA) is 98.2 Å². The van der Waals surface area contributed by atoms with Crippen LogP contribution in [0.4, 0.5) is 8.78 Å². The lowest BCUT2D eigenvalue weighted by Gasteiger charge is -2.07. The monoisotopic (exact) mass is 429 g/mol. The second-order valence-corrected chi connectivity index (χ2v) is 7.12. The Morgan fingerprint density at radius 3 is 2.71 bits per heavy atom. The van der Waals surface area contributed by atoms with E-state index in [-0.39, 0.29) is 11.6 Å². The Hall–Kier alpha value is -3.53. The highest BCUT2D eigenvalue weighted by Crippen LogP contribution is 2.31. The minimum absolute atomic E-state index is 0.0219. The van der Waals surface area contributed by atoms with Crippen LogP contribution >= 0.6 is 0 Å². The fourth-order valence-corrected chi connectivity index (χ4v) is 3.39. The maximum absolute atomic E-state index is 12.5. The summed E-state index contributed by atoms with van der Waals surface area (Å²) in [6.45, 7) is 1.07. The van der Waals surface area contributed by atoms with Gasteiger partial charge in [0.2, 0.25) is 5.88 Å². The lowest BCUT2D eigenvalue weighted by Crippen LogP contribution is -2.15. The maximum Gasteiger partial charge on any atom is 0.387 e. The van der Waals surface area contributed by atoms with Crippen molar-refractivity contribution >= 4 is 10.9 Å². The van der Waals surface area contributed by atoms with Gasteiger partial charge in [-0.25, -0.2) is 4.98 Å². The molecule has 0 saturated carbocycles. The van der Waals surface area contributed by atoms with Crippen LogP contribution in [0.5, 0.6) is 11.6 Å².